The summed E-state index contributed by atoms with van der Waals surface area (Å²) in [5, 5.41) is 6.97. The van der Waals surface area contributed by atoms with Crippen LogP contribution in [0.5, 0.6) is 0 Å². The average Bonchev–Trinajstić information content (AvgIpc) is 3.04. The number of amides is 1. The standard InChI is InChI=1S/C17H15BrN4O/c18-15-5-1-13(2-6-15)9-17(23)21-16-7-3-14(4-8-16)10-22-12-19-11-20-22/h1-8,11-12H,9-10H2,(H,21,23). The highest BCUT2D eigenvalue weighted by Crippen LogP contribution is 2.13. The number of anilines is 1. The fraction of sp³-hybridized carbons (Fsp3) is 0.118. The maximum absolute atomic E-state index is 12.1. The Kier molecular flexibility index (Phi) is 4.83. The first-order chi connectivity index (χ1) is 11.2. The summed E-state index contributed by atoms with van der Waals surface area (Å²) in [7, 11) is 0. The van der Waals surface area contributed by atoms with Gasteiger partial charge in [0.2, 0.25) is 5.91 Å². The van der Waals surface area contributed by atoms with Crippen molar-refractivity contribution in [3.8, 4) is 0 Å². The number of benzene rings is 2. The van der Waals surface area contributed by atoms with E-state index in [-0.39, 0.29) is 5.91 Å². The molecule has 2 aromatic carbocycles. The number of carbonyl (C=O) groups excluding carboxylic acids is 1. The van der Waals surface area contributed by atoms with Crippen molar-refractivity contribution in [3.05, 3.63) is 76.8 Å². The Morgan fingerprint density at radius 1 is 1.04 bits per heavy atom. The second-order valence-corrected chi connectivity index (χ2v) is 6.06. The maximum atomic E-state index is 12.1. The molecular formula is C17H15BrN4O. The molecule has 5 nitrogen and oxygen atoms in total. The number of nitrogens with zero attached hydrogens (tertiary/aromatic N) is 3. The normalized spacial score (nSPS) is 10.5. The van der Waals surface area contributed by atoms with Gasteiger partial charge in [0.05, 0.1) is 13.0 Å². The van der Waals surface area contributed by atoms with Crippen LogP contribution in [-0.4, -0.2) is 20.7 Å². The van der Waals surface area contributed by atoms with Gasteiger partial charge in [-0.05, 0) is 35.4 Å². The molecule has 1 amide bonds. The molecule has 3 aromatic rings. The van der Waals surface area contributed by atoms with Crippen molar-refractivity contribution >= 4 is 27.5 Å². The smallest absolute Gasteiger partial charge is 0.228 e. The number of halogens is 1. The van der Waals surface area contributed by atoms with Crippen LogP contribution >= 0.6 is 15.9 Å². The molecule has 0 fully saturated rings. The van der Waals surface area contributed by atoms with Gasteiger partial charge in [-0.3, -0.25) is 4.79 Å². The first-order valence-electron chi connectivity index (χ1n) is 7.15. The summed E-state index contributed by atoms with van der Waals surface area (Å²) in [6.07, 6.45) is 3.54. The lowest BCUT2D eigenvalue weighted by Gasteiger charge is -2.07. The van der Waals surface area contributed by atoms with Crippen LogP contribution in [0.3, 0.4) is 0 Å². The van der Waals surface area contributed by atoms with Crippen molar-refractivity contribution in [2.75, 3.05) is 5.32 Å². The van der Waals surface area contributed by atoms with Crippen molar-refractivity contribution in [2.24, 2.45) is 0 Å². The Morgan fingerprint density at radius 2 is 1.74 bits per heavy atom. The van der Waals surface area contributed by atoms with Gasteiger partial charge in [0, 0.05) is 10.2 Å². The minimum Gasteiger partial charge on any atom is -0.326 e. The van der Waals surface area contributed by atoms with Crippen molar-refractivity contribution in [1.29, 1.82) is 0 Å². The lowest BCUT2D eigenvalue weighted by atomic mass is 10.1. The highest BCUT2D eigenvalue weighted by molar-refractivity contribution is 9.10. The van der Waals surface area contributed by atoms with E-state index in [0.717, 1.165) is 21.3 Å². The number of hydrogen-bond acceptors (Lipinski definition) is 3. The molecule has 6 heteroatoms. The molecule has 1 aromatic heterocycles. The zero-order chi connectivity index (χ0) is 16.1. The molecule has 0 saturated carbocycles. The Morgan fingerprint density at radius 3 is 2.39 bits per heavy atom. The molecule has 0 spiro atoms. The summed E-state index contributed by atoms with van der Waals surface area (Å²) >= 11 is 3.38. The maximum Gasteiger partial charge on any atom is 0.228 e. The minimum atomic E-state index is -0.0312. The third-order valence-electron chi connectivity index (χ3n) is 3.33. The summed E-state index contributed by atoms with van der Waals surface area (Å²) in [4.78, 5) is 16.0. The molecule has 0 saturated heterocycles. The zero-order valence-electron chi connectivity index (χ0n) is 12.3. The summed E-state index contributed by atoms with van der Waals surface area (Å²) < 4.78 is 2.76. The van der Waals surface area contributed by atoms with Gasteiger partial charge in [-0.25, -0.2) is 9.67 Å². The van der Waals surface area contributed by atoms with E-state index in [2.05, 4.69) is 31.3 Å². The lowest BCUT2D eigenvalue weighted by molar-refractivity contribution is -0.115. The van der Waals surface area contributed by atoms with Crippen LogP contribution in [0.4, 0.5) is 5.69 Å². The minimum absolute atomic E-state index is 0.0312. The van der Waals surface area contributed by atoms with Gasteiger partial charge in [-0.15, -0.1) is 0 Å². The van der Waals surface area contributed by atoms with Crippen LogP contribution < -0.4 is 5.32 Å². The highest BCUT2D eigenvalue weighted by Gasteiger charge is 2.04. The van der Waals surface area contributed by atoms with Crippen LogP contribution in [-0.2, 0) is 17.8 Å². The molecule has 0 radical (unpaired) electrons. The molecule has 116 valence electrons. The van der Waals surface area contributed by atoms with Gasteiger partial charge in [0.1, 0.15) is 12.7 Å². The second-order valence-electron chi connectivity index (χ2n) is 5.14. The van der Waals surface area contributed by atoms with Crippen molar-refractivity contribution in [3.63, 3.8) is 0 Å². The molecule has 0 bridgehead atoms. The largest absolute Gasteiger partial charge is 0.326 e. The van der Waals surface area contributed by atoms with E-state index in [1.165, 1.54) is 6.33 Å². The monoisotopic (exact) mass is 370 g/mol. The first-order valence-corrected chi connectivity index (χ1v) is 7.94. The van der Waals surface area contributed by atoms with E-state index in [9.17, 15) is 4.79 Å². The van der Waals surface area contributed by atoms with Crippen LogP contribution in [0.2, 0.25) is 0 Å². The average molecular weight is 371 g/mol. The van der Waals surface area contributed by atoms with Crippen molar-refractivity contribution in [1.82, 2.24) is 14.8 Å². The van der Waals surface area contributed by atoms with Gasteiger partial charge in [-0.2, -0.15) is 5.10 Å². The molecule has 0 atom stereocenters. The van der Waals surface area contributed by atoms with Gasteiger partial charge < -0.3 is 5.32 Å². The molecule has 0 aliphatic carbocycles. The van der Waals surface area contributed by atoms with Crippen LogP contribution in [0.1, 0.15) is 11.1 Å². The highest BCUT2D eigenvalue weighted by atomic mass is 79.9. The zero-order valence-corrected chi connectivity index (χ0v) is 13.9. The lowest BCUT2D eigenvalue weighted by Crippen LogP contribution is -2.14. The molecule has 3 rings (SSSR count). The molecular weight excluding hydrogens is 356 g/mol. The van der Waals surface area contributed by atoms with Crippen molar-refractivity contribution < 1.29 is 4.79 Å². The predicted molar refractivity (Wildman–Crippen MR) is 92.0 cm³/mol. The van der Waals surface area contributed by atoms with Crippen LogP contribution in [0.25, 0.3) is 0 Å². The van der Waals surface area contributed by atoms with E-state index in [4.69, 9.17) is 0 Å². The van der Waals surface area contributed by atoms with Crippen molar-refractivity contribution in [2.45, 2.75) is 13.0 Å². The first kappa shape index (κ1) is 15.4. The third kappa shape index (κ3) is 4.50. The number of nitrogens with one attached hydrogen (secondary N) is 1. The molecule has 1 heterocycles. The Labute approximate surface area is 142 Å². The van der Waals surface area contributed by atoms with Crippen LogP contribution in [0, 0.1) is 0 Å². The molecule has 0 unspecified atom stereocenters. The van der Waals surface area contributed by atoms with Gasteiger partial charge in [-0.1, -0.05) is 40.2 Å². The third-order valence-corrected chi connectivity index (χ3v) is 3.86. The molecule has 23 heavy (non-hydrogen) atoms. The quantitative estimate of drug-likeness (QED) is 0.749. The van der Waals surface area contributed by atoms with E-state index >= 15 is 0 Å². The Hall–Kier alpha value is -2.47. The summed E-state index contributed by atoms with van der Waals surface area (Å²) in [5.41, 5.74) is 2.87. The Balaban J connectivity index is 1.57. The number of aromatic nitrogens is 3. The number of carbonyl (C=O) groups is 1. The van der Waals surface area contributed by atoms with Crippen LogP contribution in [0.15, 0.2) is 65.7 Å². The summed E-state index contributed by atoms with van der Waals surface area (Å²) in [5.74, 6) is -0.0312. The van der Waals surface area contributed by atoms with Gasteiger partial charge in [0.25, 0.3) is 0 Å². The predicted octanol–water partition coefficient (Wildman–Crippen LogP) is 3.27. The molecule has 0 aliphatic heterocycles. The van der Waals surface area contributed by atoms with E-state index in [1.54, 1.807) is 11.0 Å². The number of hydrogen-bond donors (Lipinski definition) is 1. The molecule has 0 aliphatic rings. The van der Waals surface area contributed by atoms with Gasteiger partial charge >= 0.3 is 0 Å². The molecule has 1 N–H and O–H groups in total. The Bertz CT molecular complexity index is 767. The van der Waals surface area contributed by atoms with E-state index < -0.39 is 0 Å². The SMILES string of the molecule is O=C(Cc1ccc(Br)cc1)Nc1ccc(Cn2cncn2)cc1. The number of rotatable bonds is 5. The fourth-order valence-corrected chi connectivity index (χ4v) is 2.45. The van der Waals surface area contributed by atoms with Gasteiger partial charge in [0.15, 0.2) is 0 Å². The van der Waals surface area contributed by atoms with E-state index in [0.29, 0.717) is 13.0 Å². The van der Waals surface area contributed by atoms with E-state index in [1.807, 2.05) is 48.5 Å². The summed E-state index contributed by atoms with van der Waals surface area (Å²) in [6, 6.07) is 15.5. The topological polar surface area (TPSA) is 59.8 Å². The fourth-order valence-electron chi connectivity index (χ4n) is 2.19. The second kappa shape index (κ2) is 7.19. The summed E-state index contributed by atoms with van der Waals surface area (Å²) in [6.45, 7) is 0.660.